The molecule has 1 aliphatic carbocycles. The summed E-state index contributed by atoms with van der Waals surface area (Å²) < 4.78 is 0. The zero-order chi connectivity index (χ0) is 23.2. The van der Waals surface area contributed by atoms with E-state index >= 15 is 0 Å². The van der Waals surface area contributed by atoms with Gasteiger partial charge in [-0.05, 0) is 37.7 Å². The highest BCUT2D eigenvalue weighted by Crippen LogP contribution is 2.47. The van der Waals surface area contributed by atoms with Gasteiger partial charge in [-0.25, -0.2) is 0 Å². The normalized spacial score (nSPS) is 29.6. The number of carbonyl (C=O) groups excluding carboxylic acids is 2. The fourth-order valence-electron chi connectivity index (χ4n) is 5.52. The number of aliphatic hydroxyl groups is 2. The van der Waals surface area contributed by atoms with Crippen LogP contribution in [0.15, 0.2) is 30.3 Å². The lowest BCUT2D eigenvalue weighted by Gasteiger charge is -2.46. The molecular weight excluding hydrogens is 422 g/mol. The van der Waals surface area contributed by atoms with E-state index in [1.165, 1.54) is 0 Å². The van der Waals surface area contributed by atoms with Crippen molar-refractivity contribution in [3.8, 4) is 0 Å². The van der Waals surface area contributed by atoms with E-state index in [0.29, 0.717) is 12.2 Å². The number of aliphatic hydroxyl groups excluding tert-OH is 1. The van der Waals surface area contributed by atoms with Crippen LogP contribution in [0.4, 0.5) is 0 Å². The van der Waals surface area contributed by atoms with Gasteiger partial charge in [0.2, 0.25) is 11.0 Å². The molecule has 3 rings (SSSR count). The van der Waals surface area contributed by atoms with E-state index in [9.17, 15) is 19.8 Å². The van der Waals surface area contributed by atoms with Crippen molar-refractivity contribution in [3.05, 3.63) is 35.9 Å². The summed E-state index contributed by atoms with van der Waals surface area (Å²) >= 11 is 1.08. The molecule has 2 fully saturated rings. The SMILES string of the molecule is CCCCCCC1C(=O)NC(C(=O)SCc2ccccc2)(C(O)C2CCCCC2)C1(C)O. The Morgan fingerprint density at radius 2 is 1.84 bits per heavy atom. The highest BCUT2D eigenvalue weighted by Gasteiger charge is 2.68. The number of hydrogen-bond donors (Lipinski definition) is 3. The van der Waals surface area contributed by atoms with E-state index in [0.717, 1.165) is 75.1 Å². The maximum absolute atomic E-state index is 13.7. The summed E-state index contributed by atoms with van der Waals surface area (Å²) in [6, 6.07) is 9.67. The van der Waals surface area contributed by atoms with Crippen LogP contribution in [0.25, 0.3) is 0 Å². The van der Waals surface area contributed by atoms with Crippen molar-refractivity contribution in [2.75, 3.05) is 0 Å². The number of amides is 1. The highest BCUT2D eigenvalue weighted by atomic mass is 32.2. The average Bonchev–Trinajstić information content (AvgIpc) is 3.01. The van der Waals surface area contributed by atoms with E-state index in [4.69, 9.17) is 0 Å². The summed E-state index contributed by atoms with van der Waals surface area (Å²) in [6.45, 7) is 3.72. The second-order valence-electron chi connectivity index (χ2n) is 9.75. The van der Waals surface area contributed by atoms with Gasteiger partial charge in [0.25, 0.3) is 0 Å². The molecule has 4 atom stereocenters. The molecule has 1 aromatic carbocycles. The molecule has 32 heavy (non-hydrogen) atoms. The van der Waals surface area contributed by atoms with Gasteiger partial charge in [0.1, 0.15) is 5.60 Å². The standard InChI is InChI=1S/C26H39NO4S/c1-3-4-5-12-17-21-23(29)27-26(25(21,2)31,22(28)20-15-10-7-11-16-20)24(30)32-18-19-13-8-6-9-14-19/h6,8-9,13-14,20-22,28,31H,3-5,7,10-12,15-18H2,1-2H3,(H,27,29). The molecule has 2 aliphatic rings. The number of thioether (sulfide) groups is 1. The van der Waals surface area contributed by atoms with Crippen LogP contribution in [0.2, 0.25) is 0 Å². The van der Waals surface area contributed by atoms with Gasteiger partial charge in [0.05, 0.1) is 12.0 Å². The first-order chi connectivity index (χ1) is 15.3. The first-order valence-electron chi connectivity index (χ1n) is 12.3. The zero-order valence-electron chi connectivity index (χ0n) is 19.5. The minimum Gasteiger partial charge on any atom is -0.390 e. The van der Waals surface area contributed by atoms with Crippen molar-refractivity contribution < 1.29 is 19.8 Å². The van der Waals surface area contributed by atoms with Crippen molar-refractivity contribution in [2.45, 2.75) is 101 Å². The Labute approximate surface area is 196 Å². The first kappa shape index (κ1) is 25.3. The number of carbonyl (C=O) groups is 2. The Balaban J connectivity index is 1.87. The molecule has 1 saturated carbocycles. The van der Waals surface area contributed by atoms with Gasteiger partial charge in [-0.15, -0.1) is 0 Å². The lowest BCUT2D eigenvalue weighted by Crippen LogP contribution is -2.69. The molecule has 0 radical (unpaired) electrons. The fraction of sp³-hybridized carbons (Fsp3) is 0.692. The first-order valence-corrected chi connectivity index (χ1v) is 13.3. The zero-order valence-corrected chi connectivity index (χ0v) is 20.3. The summed E-state index contributed by atoms with van der Waals surface area (Å²) in [5.41, 5.74) is -2.33. The molecule has 1 saturated heterocycles. The van der Waals surface area contributed by atoms with Crippen LogP contribution in [0.1, 0.15) is 83.6 Å². The summed E-state index contributed by atoms with van der Waals surface area (Å²) in [5.74, 6) is -0.670. The quantitative estimate of drug-likeness (QED) is 0.444. The van der Waals surface area contributed by atoms with Gasteiger partial charge < -0.3 is 15.5 Å². The lowest BCUT2D eigenvalue weighted by atomic mass is 9.67. The van der Waals surface area contributed by atoms with Crippen molar-refractivity contribution in [1.29, 1.82) is 0 Å². The van der Waals surface area contributed by atoms with Gasteiger partial charge in [0, 0.05) is 5.75 Å². The molecule has 1 heterocycles. The van der Waals surface area contributed by atoms with E-state index in [2.05, 4.69) is 12.2 Å². The molecule has 4 unspecified atom stereocenters. The Bertz CT molecular complexity index is 762. The Hall–Kier alpha value is -1.37. The Morgan fingerprint density at radius 1 is 1.16 bits per heavy atom. The van der Waals surface area contributed by atoms with Gasteiger partial charge in [-0.2, -0.15) is 0 Å². The van der Waals surface area contributed by atoms with Crippen LogP contribution >= 0.6 is 11.8 Å². The Kier molecular flexibility index (Phi) is 8.82. The molecule has 3 N–H and O–H groups in total. The third-order valence-corrected chi connectivity index (χ3v) is 8.60. The predicted molar refractivity (Wildman–Crippen MR) is 129 cm³/mol. The summed E-state index contributed by atoms with van der Waals surface area (Å²) in [4.78, 5) is 26.8. The van der Waals surface area contributed by atoms with Crippen LogP contribution in [-0.4, -0.2) is 38.5 Å². The largest absolute Gasteiger partial charge is 0.390 e. The van der Waals surface area contributed by atoms with Crippen LogP contribution in [-0.2, 0) is 15.3 Å². The molecule has 5 nitrogen and oxygen atoms in total. The Morgan fingerprint density at radius 3 is 2.50 bits per heavy atom. The lowest BCUT2D eigenvalue weighted by molar-refractivity contribution is -0.145. The van der Waals surface area contributed by atoms with E-state index < -0.39 is 23.2 Å². The second-order valence-corrected chi connectivity index (χ2v) is 10.7. The molecule has 1 aromatic rings. The predicted octanol–water partition coefficient (Wildman–Crippen LogP) is 4.59. The van der Waals surface area contributed by atoms with Gasteiger partial charge in [-0.3, -0.25) is 9.59 Å². The third kappa shape index (κ3) is 5.07. The van der Waals surface area contributed by atoms with Crippen molar-refractivity contribution in [1.82, 2.24) is 5.32 Å². The van der Waals surface area contributed by atoms with Crippen LogP contribution in [0, 0.1) is 11.8 Å². The molecule has 6 heteroatoms. The fourth-order valence-corrected chi connectivity index (χ4v) is 6.61. The van der Waals surface area contributed by atoms with Crippen molar-refractivity contribution in [3.63, 3.8) is 0 Å². The molecule has 0 aromatic heterocycles. The maximum Gasteiger partial charge on any atom is 0.227 e. The van der Waals surface area contributed by atoms with Crippen molar-refractivity contribution in [2.24, 2.45) is 11.8 Å². The van der Waals surface area contributed by atoms with E-state index in [-0.39, 0.29) is 16.9 Å². The number of unbranched alkanes of at least 4 members (excludes halogenated alkanes) is 3. The highest BCUT2D eigenvalue weighted by molar-refractivity contribution is 8.13. The number of nitrogens with one attached hydrogen (secondary N) is 1. The minimum absolute atomic E-state index is 0.101. The number of rotatable bonds is 10. The smallest absolute Gasteiger partial charge is 0.227 e. The van der Waals surface area contributed by atoms with Gasteiger partial charge in [-0.1, -0.05) is 94.0 Å². The molecule has 0 bridgehead atoms. The van der Waals surface area contributed by atoms with Crippen LogP contribution in [0.3, 0.4) is 0 Å². The summed E-state index contributed by atoms with van der Waals surface area (Å²) in [7, 11) is 0. The maximum atomic E-state index is 13.7. The topological polar surface area (TPSA) is 86.6 Å². The van der Waals surface area contributed by atoms with Crippen molar-refractivity contribution >= 4 is 22.8 Å². The minimum atomic E-state index is -1.68. The van der Waals surface area contributed by atoms with Crippen LogP contribution in [0.5, 0.6) is 0 Å². The van der Waals surface area contributed by atoms with E-state index in [1.807, 2.05) is 30.3 Å². The molecule has 178 valence electrons. The molecule has 1 aliphatic heterocycles. The summed E-state index contributed by atoms with van der Waals surface area (Å²) in [6.07, 6.45) is 8.15. The monoisotopic (exact) mass is 461 g/mol. The molecule has 0 spiro atoms. The number of hydrogen-bond acceptors (Lipinski definition) is 5. The molecular formula is C26H39NO4S. The second kappa shape index (κ2) is 11.2. The van der Waals surface area contributed by atoms with E-state index in [1.54, 1.807) is 6.92 Å². The molecule has 1 amide bonds. The number of benzene rings is 1. The summed E-state index contributed by atoms with van der Waals surface area (Å²) in [5, 5.41) is 25.9. The van der Waals surface area contributed by atoms with Crippen LogP contribution < -0.4 is 5.32 Å². The van der Waals surface area contributed by atoms with Gasteiger partial charge in [0.15, 0.2) is 5.54 Å². The average molecular weight is 462 g/mol. The van der Waals surface area contributed by atoms with Gasteiger partial charge >= 0.3 is 0 Å². The third-order valence-electron chi connectivity index (χ3n) is 7.53.